The first-order chi connectivity index (χ1) is 10.8. The number of aromatic nitrogens is 2. The van der Waals surface area contributed by atoms with Gasteiger partial charge in [-0.1, -0.05) is 0 Å². The van der Waals surface area contributed by atoms with Gasteiger partial charge in [0.25, 0.3) is 0 Å². The summed E-state index contributed by atoms with van der Waals surface area (Å²) in [4.78, 5) is 11.4. The van der Waals surface area contributed by atoms with Gasteiger partial charge in [0.05, 0.1) is 6.54 Å². The van der Waals surface area contributed by atoms with E-state index in [0.29, 0.717) is 12.4 Å². The topological polar surface area (TPSA) is 52.5 Å². The Morgan fingerprint density at radius 2 is 2.04 bits per heavy atom. The number of aliphatic hydroxyl groups excluding tert-OH is 1. The van der Waals surface area contributed by atoms with E-state index in [2.05, 4.69) is 9.97 Å². The van der Waals surface area contributed by atoms with Crippen LogP contribution in [0.25, 0.3) is 0 Å². The Bertz CT molecular complexity index is 487. The lowest BCUT2D eigenvalue weighted by Crippen LogP contribution is -2.44. The van der Waals surface area contributed by atoms with Crippen molar-refractivity contribution in [3.8, 4) is 0 Å². The van der Waals surface area contributed by atoms with Crippen molar-refractivity contribution >= 4 is 0 Å². The maximum Gasteiger partial charge on any atom is 0.415 e. The average Bonchev–Trinajstić information content (AvgIpc) is 2.78. The van der Waals surface area contributed by atoms with Crippen LogP contribution in [0.2, 0.25) is 0 Å². The number of likely N-dealkylation sites (N-methyl/N-ethyl adjacent to an activating group) is 1. The van der Waals surface area contributed by atoms with Gasteiger partial charge in [-0.3, -0.25) is 4.90 Å². The Kier molecular flexibility index (Phi) is 5.88. The van der Waals surface area contributed by atoms with E-state index in [4.69, 9.17) is 5.11 Å². The summed E-state index contributed by atoms with van der Waals surface area (Å²) >= 11 is 0. The highest BCUT2D eigenvalue weighted by Crippen LogP contribution is 2.24. The second-order valence-corrected chi connectivity index (χ2v) is 5.86. The third kappa shape index (κ3) is 5.36. The first kappa shape index (κ1) is 18.0. The maximum atomic E-state index is 13.7. The number of alkyl halides is 4. The fraction of sp³-hybridized carbons (Fsp3) is 0.714. The van der Waals surface area contributed by atoms with Gasteiger partial charge in [0.2, 0.25) is 0 Å². The molecule has 0 bridgehead atoms. The highest BCUT2D eigenvalue weighted by Gasteiger charge is 2.39. The van der Waals surface area contributed by atoms with Crippen molar-refractivity contribution in [1.82, 2.24) is 19.8 Å². The summed E-state index contributed by atoms with van der Waals surface area (Å²) in [6, 6.07) is 1.44. The summed E-state index contributed by atoms with van der Waals surface area (Å²) < 4.78 is 50.9. The number of hydrogen-bond acceptors (Lipinski definition) is 5. The van der Waals surface area contributed by atoms with Crippen LogP contribution in [0.4, 0.5) is 17.6 Å². The van der Waals surface area contributed by atoms with Crippen LogP contribution in [0.3, 0.4) is 0 Å². The first-order valence-electron chi connectivity index (χ1n) is 7.33. The molecule has 1 aromatic rings. The van der Waals surface area contributed by atoms with Crippen LogP contribution < -0.4 is 0 Å². The molecular weight excluding hydrogens is 316 g/mol. The predicted octanol–water partition coefficient (Wildman–Crippen LogP) is 1.24. The summed E-state index contributed by atoms with van der Waals surface area (Å²) in [5.41, 5.74) is 0. The zero-order valence-electron chi connectivity index (χ0n) is 12.7. The molecular formula is C14H20F4N4O. The summed E-state index contributed by atoms with van der Waals surface area (Å²) in [5.74, 6) is 0.546. The van der Waals surface area contributed by atoms with Gasteiger partial charge in [0, 0.05) is 38.1 Å². The van der Waals surface area contributed by atoms with Crippen molar-refractivity contribution in [3.63, 3.8) is 0 Å². The van der Waals surface area contributed by atoms with Crippen LogP contribution in [0.5, 0.6) is 0 Å². The molecule has 0 saturated carbocycles. The highest BCUT2D eigenvalue weighted by molar-refractivity contribution is 4.94. The lowest BCUT2D eigenvalue weighted by Gasteiger charge is -2.29. The van der Waals surface area contributed by atoms with Crippen molar-refractivity contribution in [2.75, 3.05) is 26.7 Å². The van der Waals surface area contributed by atoms with Crippen LogP contribution in [-0.4, -0.2) is 76.1 Å². The fourth-order valence-electron chi connectivity index (χ4n) is 2.73. The van der Waals surface area contributed by atoms with E-state index in [0.717, 1.165) is 0 Å². The lowest BCUT2D eigenvalue weighted by atomic mass is 10.2. The molecule has 9 heteroatoms. The van der Waals surface area contributed by atoms with E-state index in [1.165, 1.54) is 11.9 Å². The van der Waals surface area contributed by atoms with Gasteiger partial charge >= 0.3 is 6.18 Å². The minimum atomic E-state index is -4.65. The number of aliphatic hydroxyl groups is 1. The smallest absolute Gasteiger partial charge is 0.382 e. The third-order valence-electron chi connectivity index (χ3n) is 3.83. The quantitative estimate of drug-likeness (QED) is 0.793. The molecule has 1 saturated heterocycles. The lowest BCUT2D eigenvalue weighted by molar-refractivity contribution is -0.207. The number of halogens is 4. The van der Waals surface area contributed by atoms with Gasteiger partial charge in [-0.05, 0) is 19.5 Å². The monoisotopic (exact) mass is 336 g/mol. The predicted molar refractivity (Wildman–Crippen MR) is 75.3 cm³/mol. The maximum absolute atomic E-state index is 13.7. The van der Waals surface area contributed by atoms with Gasteiger partial charge in [-0.2, -0.15) is 13.2 Å². The van der Waals surface area contributed by atoms with E-state index in [-0.39, 0.29) is 25.6 Å². The van der Waals surface area contributed by atoms with Crippen molar-refractivity contribution in [2.45, 2.75) is 37.5 Å². The standard InChI is InChI=1S/C14H20F4N4O/c1-21(8-12(23)14(16,17)18)7-11-5-10(15)6-22(11)9-13-19-3-2-4-20-13/h2-4,10-12,23H,5-9H2,1H3/t10-,11-,12?/m0/s1. The van der Waals surface area contributed by atoms with Crippen LogP contribution in [0, 0.1) is 0 Å². The van der Waals surface area contributed by atoms with Crippen LogP contribution in [0.1, 0.15) is 12.2 Å². The number of rotatable bonds is 6. The summed E-state index contributed by atoms with van der Waals surface area (Å²) in [6.07, 6.45) is -4.65. The van der Waals surface area contributed by atoms with E-state index < -0.39 is 25.0 Å². The molecule has 0 radical (unpaired) electrons. The molecule has 2 heterocycles. The average molecular weight is 336 g/mol. The van der Waals surface area contributed by atoms with Crippen LogP contribution in [0.15, 0.2) is 18.5 Å². The van der Waals surface area contributed by atoms with Crippen molar-refractivity contribution in [3.05, 3.63) is 24.3 Å². The molecule has 0 amide bonds. The SMILES string of the molecule is CN(CC(O)C(F)(F)F)C[C@@H]1C[C@H](F)CN1Cc1ncccn1. The third-order valence-corrected chi connectivity index (χ3v) is 3.83. The molecule has 1 fully saturated rings. The molecule has 5 nitrogen and oxygen atoms in total. The Labute approximate surface area is 131 Å². The van der Waals surface area contributed by atoms with Gasteiger partial charge in [-0.25, -0.2) is 14.4 Å². The van der Waals surface area contributed by atoms with Gasteiger partial charge in [-0.15, -0.1) is 0 Å². The normalized spacial score (nSPS) is 24.3. The van der Waals surface area contributed by atoms with Gasteiger partial charge in [0.15, 0.2) is 6.10 Å². The molecule has 0 spiro atoms. The molecule has 1 aromatic heterocycles. The molecule has 2 rings (SSSR count). The van der Waals surface area contributed by atoms with Crippen LogP contribution in [-0.2, 0) is 6.54 Å². The number of likely N-dealkylation sites (tertiary alicyclic amines) is 1. The van der Waals surface area contributed by atoms with Crippen molar-refractivity contribution in [1.29, 1.82) is 0 Å². The van der Waals surface area contributed by atoms with E-state index in [1.54, 1.807) is 18.5 Å². The van der Waals surface area contributed by atoms with E-state index in [1.807, 2.05) is 4.90 Å². The summed E-state index contributed by atoms with van der Waals surface area (Å²) in [7, 11) is 1.48. The molecule has 1 aliphatic heterocycles. The Morgan fingerprint density at radius 1 is 1.39 bits per heavy atom. The van der Waals surface area contributed by atoms with E-state index in [9.17, 15) is 17.6 Å². The number of nitrogens with zero attached hydrogens (tertiary/aromatic N) is 4. The summed E-state index contributed by atoms with van der Waals surface area (Å²) in [5, 5.41) is 9.11. The molecule has 1 aliphatic rings. The zero-order valence-corrected chi connectivity index (χ0v) is 12.7. The second kappa shape index (κ2) is 7.50. The largest absolute Gasteiger partial charge is 0.415 e. The second-order valence-electron chi connectivity index (χ2n) is 5.86. The zero-order chi connectivity index (χ0) is 17.0. The molecule has 0 aromatic carbocycles. The molecule has 1 N–H and O–H groups in total. The minimum Gasteiger partial charge on any atom is -0.382 e. The Hall–Kier alpha value is -1.32. The van der Waals surface area contributed by atoms with Crippen molar-refractivity contribution < 1.29 is 22.7 Å². The minimum absolute atomic E-state index is 0.207. The Balaban J connectivity index is 1.91. The van der Waals surface area contributed by atoms with Crippen LogP contribution >= 0.6 is 0 Å². The molecule has 3 atom stereocenters. The molecule has 0 aliphatic carbocycles. The van der Waals surface area contributed by atoms with Gasteiger partial charge < -0.3 is 10.0 Å². The first-order valence-corrected chi connectivity index (χ1v) is 7.33. The Morgan fingerprint density at radius 3 is 2.65 bits per heavy atom. The summed E-state index contributed by atoms with van der Waals surface area (Å²) in [6.45, 7) is 0.257. The van der Waals surface area contributed by atoms with Crippen molar-refractivity contribution in [2.24, 2.45) is 0 Å². The number of hydrogen-bond donors (Lipinski definition) is 1. The fourth-order valence-corrected chi connectivity index (χ4v) is 2.73. The molecule has 130 valence electrons. The van der Waals surface area contributed by atoms with Gasteiger partial charge in [0.1, 0.15) is 12.0 Å². The van der Waals surface area contributed by atoms with E-state index >= 15 is 0 Å². The molecule has 23 heavy (non-hydrogen) atoms. The molecule has 1 unspecified atom stereocenters. The highest BCUT2D eigenvalue weighted by atomic mass is 19.4.